The molecule has 4 nitrogen and oxygen atoms in total. The van der Waals surface area contributed by atoms with E-state index in [9.17, 15) is 4.79 Å². The highest BCUT2D eigenvalue weighted by atomic mass is 16.6. The van der Waals surface area contributed by atoms with Gasteiger partial charge in [-0.2, -0.15) is 0 Å². The molecule has 3 rings (SSSR count). The van der Waals surface area contributed by atoms with Gasteiger partial charge < -0.3 is 14.4 Å². The first-order valence-electron chi connectivity index (χ1n) is 6.36. The molecule has 0 radical (unpaired) electrons. The summed E-state index contributed by atoms with van der Waals surface area (Å²) in [4.78, 5) is 13.8. The number of likely N-dealkylation sites (tertiary alicyclic amines) is 1. The van der Waals surface area contributed by atoms with Crippen molar-refractivity contribution in [1.82, 2.24) is 4.90 Å². The number of carbonyl (C=O) groups is 1. The van der Waals surface area contributed by atoms with E-state index in [2.05, 4.69) is 0 Å². The Kier molecular flexibility index (Phi) is 2.75. The van der Waals surface area contributed by atoms with Gasteiger partial charge in [-0.05, 0) is 24.7 Å². The fourth-order valence-corrected chi connectivity index (χ4v) is 3.21. The molecule has 1 amide bonds. The predicted molar refractivity (Wildman–Crippen MR) is 58.1 cm³/mol. The molecule has 0 bridgehead atoms. The molecule has 16 heavy (non-hydrogen) atoms. The normalized spacial score (nSPS) is 37.8. The Morgan fingerprint density at radius 3 is 2.56 bits per heavy atom. The molecule has 0 spiro atoms. The maximum atomic E-state index is 11.9. The first-order chi connectivity index (χ1) is 7.83. The van der Waals surface area contributed by atoms with Crippen molar-refractivity contribution in [3.8, 4) is 0 Å². The molecule has 3 fully saturated rings. The molecule has 0 N–H and O–H groups in total. The first-order valence-corrected chi connectivity index (χ1v) is 6.36. The number of fused-ring (bicyclic) bond motifs is 1. The molecule has 0 aromatic heterocycles. The summed E-state index contributed by atoms with van der Waals surface area (Å²) in [6.45, 7) is 3.13. The van der Waals surface area contributed by atoms with Crippen LogP contribution in [0.3, 0.4) is 0 Å². The minimum Gasteiger partial charge on any atom is -0.444 e. The average Bonchev–Trinajstić information content (AvgIpc) is 2.91. The Hall–Kier alpha value is -0.770. The van der Waals surface area contributed by atoms with E-state index >= 15 is 0 Å². The fraction of sp³-hybridized carbons (Fsp3) is 0.917. The van der Waals surface area contributed by atoms with Crippen molar-refractivity contribution in [2.45, 2.75) is 31.8 Å². The van der Waals surface area contributed by atoms with Gasteiger partial charge in [0.15, 0.2) is 0 Å². The predicted octanol–water partition coefficient (Wildman–Crippen LogP) is 1.64. The zero-order chi connectivity index (χ0) is 11.0. The monoisotopic (exact) mass is 225 g/mol. The van der Waals surface area contributed by atoms with Crippen LogP contribution in [0.15, 0.2) is 0 Å². The van der Waals surface area contributed by atoms with Crippen LogP contribution in [0.5, 0.6) is 0 Å². The molecule has 0 aromatic carbocycles. The van der Waals surface area contributed by atoms with E-state index in [1.807, 2.05) is 4.90 Å². The number of rotatable bonds is 1. The van der Waals surface area contributed by atoms with E-state index in [4.69, 9.17) is 9.47 Å². The molecule has 1 aliphatic carbocycles. The average molecular weight is 225 g/mol. The molecule has 0 aromatic rings. The smallest absolute Gasteiger partial charge is 0.410 e. The second-order valence-corrected chi connectivity index (χ2v) is 5.23. The van der Waals surface area contributed by atoms with E-state index in [1.54, 1.807) is 0 Å². The maximum absolute atomic E-state index is 11.9. The van der Waals surface area contributed by atoms with Crippen molar-refractivity contribution in [2.75, 3.05) is 26.3 Å². The van der Waals surface area contributed by atoms with Gasteiger partial charge in [0.25, 0.3) is 0 Å². The third kappa shape index (κ3) is 1.90. The molecule has 3 atom stereocenters. The van der Waals surface area contributed by atoms with Gasteiger partial charge in [0.05, 0.1) is 13.2 Å². The molecular formula is C12H19NO3. The Morgan fingerprint density at radius 1 is 1.19 bits per heavy atom. The topological polar surface area (TPSA) is 38.8 Å². The van der Waals surface area contributed by atoms with Crippen molar-refractivity contribution in [2.24, 2.45) is 11.8 Å². The van der Waals surface area contributed by atoms with Crippen LogP contribution in [0, 0.1) is 11.8 Å². The van der Waals surface area contributed by atoms with Gasteiger partial charge >= 0.3 is 6.09 Å². The lowest BCUT2D eigenvalue weighted by Crippen LogP contribution is -2.33. The van der Waals surface area contributed by atoms with Gasteiger partial charge in [-0.1, -0.05) is 6.42 Å². The van der Waals surface area contributed by atoms with Gasteiger partial charge in [0.1, 0.15) is 6.10 Å². The van der Waals surface area contributed by atoms with Gasteiger partial charge in [0, 0.05) is 19.5 Å². The summed E-state index contributed by atoms with van der Waals surface area (Å²) >= 11 is 0. The number of nitrogens with zero attached hydrogens (tertiary/aromatic N) is 1. The zero-order valence-electron chi connectivity index (χ0n) is 9.56. The van der Waals surface area contributed by atoms with Crippen LogP contribution in [0.1, 0.15) is 25.7 Å². The molecule has 2 heterocycles. The third-order valence-corrected chi connectivity index (χ3v) is 4.14. The molecule has 1 saturated carbocycles. The van der Waals surface area contributed by atoms with Crippen LogP contribution < -0.4 is 0 Å². The standard InChI is InChI=1S/C12H19NO3/c14-12(16-11-4-5-15-8-11)13-6-9-2-1-3-10(9)7-13/h9-11H,1-8H2/t9?,10?,11-/m0/s1. The quantitative estimate of drug-likeness (QED) is 0.681. The van der Waals surface area contributed by atoms with E-state index in [0.717, 1.165) is 38.0 Å². The summed E-state index contributed by atoms with van der Waals surface area (Å²) in [5.41, 5.74) is 0. The molecule has 2 unspecified atom stereocenters. The Labute approximate surface area is 95.9 Å². The lowest BCUT2D eigenvalue weighted by atomic mass is 10.0. The number of hydrogen-bond acceptors (Lipinski definition) is 3. The first kappa shape index (κ1) is 10.4. The SMILES string of the molecule is O=C(O[C@H]1CCOC1)N1CC2CCCC2C1. The number of ether oxygens (including phenoxy) is 2. The van der Waals surface area contributed by atoms with Crippen LogP contribution in [-0.4, -0.2) is 43.4 Å². The van der Waals surface area contributed by atoms with Crippen LogP contribution >= 0.6 is 0 Å². The van der Waals surface area contributed by atoms with Gasteiger partial charge in [-0.15, -0.1) is 0 Å². The van der Waals surface area contributed by atoms with Crippen LogP contribution in [-0.2, 0) is 9.47 Å². The minimum atomic E-state index is -0.120. The molecule has 90 valence electrons. The van der Waals surface area contributed by atoms with Crippen LogP contribution in [0.4, 0.5) is 4.79 Å². The summed E-state index contributed by atoms with van der Waals surface area (Å²) in [5, 5.41) is 0. The summed E-state index contributed by atoms with van der Waals surface area (Å²) < 4.78 is 10.6. The summed E-state index contributed by atoms with van der Waals surface area (Å²) in [6.07, 6.45) is 4.65. The van der Waals surface area contributed by atoms with Crippen molar-refractivity contribution < 1.29 is 14.3 Å². The molecular weight excluding hydrogens is 206 g/mol. The largest absolute Gasteiger partial charge is 0.444 e. The van der Waals surface area contributed by atoms with Gasteiger partial charge in [0.2, 0.25) is 0 Å². The van der Waals surface area contributed by atoms with E-state index < -0.39 is 0 Å². The third-order valence-electron chi connectivity index (χ3n) is 4.14. The Morgan fingerprint density at radius 2 is 1.94 bits per heavy atom. The highest BCUT2D eigenvalue weighted by molar-refractivity contribution is 5.68. The van der Waals surface area contributed by atoms with E-state index in [0.29, 0.717) is 6.61 Å². The molecule has 2 saturated heterocycles. The highest BCUT2D eigenvalue weighted by Gasteiger charge is 2.39. The summed E-state index contributed by atoms with van der Waals surface area (Å²) in [5.74, 6) is 1.49. The highest BCUT2D eigenvalue weighted by Crippen LogP contribution is 2.37. The van der Waals surface area contributed by atoms with E-state index in [-0.39, 0.29) is 12.2 Å². The van der Waals surface area contributed by atoms with E-state index in [1.165, 1.54) is 19.3 Å². The van der Waals surface area contributed by atoms with Crippen molar-refractivity contribution in [3.63, 3.8) is 0 Å². The number of amides is 1. The molecule has 4 heteroatoms. The second-order valence-electron chi connectivity index (χ2n) is 5.23. The molecule has 2 aliphatic heterocycles. The summed E-state index contributed by atoms with van der Waals surface area (Å²) in [7, 11) is 0. The Balaban J connectivity index is 1.51. The second kappa shape index (κ2) is 4.24. The van der Waals surface area contributed by atoms with Crippen molar-refractivity contribution >= 4 is 6.09 Å². The lowest BCUT2D eigenvalue weighted by molar-refractivity contribution is 0.0580. The van der Waals surface area contributed by atoms with Crippen molar-refractivity contribution in [3.05, 3.63) is 0 Å². The number of carbonyl (C=O) groups excluding carboxylic acids is 1. The van der Waals surface area contributed by atoms with Gasteiger partial charge in [-0.25, -0.2) is 4.79 Å². The van der Waals surface area contributed by atoms with Crippen LogP contribution in [0.25, 0.3) is 0 Å². The zero-order valence-corrected chi connectivity index (χ0v) is 9.56. The minimum absolute atomic E-state index is 0.00654. The number of hydrogen-bond donors (Lipinski definition) is 0. The van der Waals surface area contributed by atoms with Gasteiger partial charge in [-0.3, -0.25) is 0 Å². The fourth-order valence-electron chi connectivity index (χ4n) is 3.21. The van der Waals surface area contributed by atoms with Crippen LogP contribution in [0.2, 0.25) is 0 Å². The maximum Gasteiger partial charge on any atom is 0.410 e. The van der Waals surface area contributed by atoms with Crippen molar-refractivity contribution in [1.29, 1.82) is 0 Å². The lowest BCUT2D eigenvalue weighted by Gasteiger charge is -2.19. The Bertz CT molecular complexity index is 263. The summed E-state index contributed by atoms with van der Waals surface area (Å²) in [6, 6.07) is 0. The molecule has 3 aliphatic rings.